The third kappa shape index (κ3) is 15.3. The van der Waals surface area contributed by atoms with E-state index in [1.54, 1.807) is 0 Å². The summed E-state index contributed by atoms with van der Waals surface area (Å²) in [5.41, 5.74) is 0. The Morgan fingerprint density at radius 3 is 2.04 bits per heavy atom. The highest BCUT2D eigenvalue weighted by atomic mass is 35.5. The summed E-state index contributed by atoms with van der Waals surface area (Å²) in [6.07, 6.45) is 21.4. The first-order chi connectivity index (χ1) is 12.0. The molecule has 25 heavy (non-hydrogen) atoms. The first-order valence-electron chi connectivity index (χ1n) is 9.88. The van der Waals surface area contributed by atoms with Gasteiger partial charge >= 0.3 is 0 Å². The Morgan fingerprint density at radius 2 is 1.44 bits per heavy atom. The van der Waals surface area contributed by atoms with Gasteiger partial charge in [0.15, 0.2) is 5.78 Å². The molecule has 2 N–H and O–H groups in total. The highest BCUT2D eigenvalue weighted by Gasteiger charge is 2.30. The summed E-state index contributed by atoms with van der Waals surface area (Å²) in [5.74, 6) is -2.68. The number of halogens is 1. The Morgan fingerprint density at radius 1 is 0.880 bits per heavy atom. The summed E-state index contributed by atoms with van der Waals surface area (Å²) < 4.78 is 0. The smallest absolute Gasteiger partial charge is 0.225 e. The molecule has 0 aromatic rings. The van der Waals surface area contributed by atoms with Crippen LogP contribution in [0.1, 0.15) is 90.4 Å². The number of carbonyl (C=O) groups excluding carboxylic acids is 1. The van der Waals surface area contributed by atoms with Crippen LogP contribution in [0.3, 0.4) is 0 Å². The van der Waals surface area contributed by atoms with Crippen LogP contribution in [-0.4, -0.2) is 27.7 Å². The zero-order valence-electron chi connectivity index (χ0n) is 15.9. The average molecular weight is 373 g/mol. The lowest BCUT2D eigenvalue weighted by atomic mass is 10.0. The van der Waals surface area contributed by atoms with E-state index < -0.39 is 11.6 Å². The average Bonchev–Trinajstić information content (AvgIpc) is 2.58. The van der Waals surface area contributed by atoms with Gasteiger partial charge in [-0.25, -0.2) is 0 Å². The van der Waals surface area contributed by atoms with Crippen LogP contribution in [-0.2, 0) is 4.79 Å². The Balaban J connectivity index is 3.44. The summed E-state index contributed by atoms with van der Waals surface area (Å²) in [5, 5.41) is 19.0. The van der Waals surface area contributed by atoms with Crippen LogP contribution in [0.15, 0.2) is 24.3 Å². The van der Waals surface area contributed by atoms with Crippen molar-refractivity contribution in [1.82, 2.24) is 0 Å². The second-order valence-electron chi connectivity index (χ2n) is 6.66. The lowest BCUT2D eigenvalue weighted by Gasteiger charge is -2.18. The van der Waals surface area contributed by atoms with Crippen LogP contribution >= 0.6 is 11.6 Å². The fourth-order valence-electron chi connectivity index (χ4n) is 2.57. The number of hydrogen-bond acceptors (Lipinski definition) is 3. The van der Waals surface area contributed by atoms with Crippen LogP contribution < -0.4 is 0 Å². The van der Waals surface area contributed by atoms with E-state index in [0.717, 1.165) is 32.1 Å². The SMILES string of the molecule is CCCCC/C=C\C/C=C\CCCCCCCC(=O)C(O)(O)CCCl. The Bertz CT molecular complexity index is 375. The molecular formula is C21H37ClO3. The van der Waals surface area contributed by atoms with E-state index in [0.29, 0.717) is 6.42 Å². The van der Waals surface area contributed by atoms with Crippen molar-refractivity contribution in [3.05, 3.63) is 24.3 Å². The lowest BCUT2D eigenvalue weighted by molar-refractivity contribution is -0.183. The molecule has 0 aromatic heterocycles. The van der Waals surface area contributed by atoms with Crippen molar-refractivity contribution < 1.29 is 15.0 Å². The Hall–Kier alpha value is -0.640. The number of hydrogen-bond donors (Lipinski definition) is 2. The topological polar surface area (TPSA) is 57.5 Å². The molecule has 4 heteroatoms. The van der Waals surface area contributed by atoms with E-state index in [-0.39, 0.29) is 18.7 Å². The molecule has 0 saturated carbocycles. The van der Waals surface area contributed by atoms with E-state index in [1.165, 1.54) is 32.1 Å². The molecule has 0 aromatic carbocycles. The van der Waals surface area contributed by atoms with Crippen molar-refractivity contribution >= 4 is 17.4 Å². The van der Waals surface area contributed by atoms with E-state index in [9.17, 15) is 15.0 Å². The number of allylic oxidation sites excluding steroid dienone is 4. The molecule has 146 valence electrons. The fraction of sp³-hybridized carbons (Fsp3) is 0.762. The van der Waals surface area contributed by atoms with E-state index >= 15 is 0 Å². The minimum Gasteiger partial charge on any atom is -0.360 e. The minimum absolute atomic E-state index is 0.0703. The molecule has 3 nitrogen and oxygen atoms in total. The van der Waals surface area contributed by atoms with Gasteiger partial charge in [0, 0.05) is 18.7 Å². The second kappa shape index (κ2) is 16.8. The van der Waals surface area contributed by atoms with Gasteiger partial charge in [0.05, 0.1) is 0 Å². The highest BCUT2D eigenvalue weighted by Crippen LogP contribution is 2.15. The van der Waals surface area contributed by atoms with Crippen LogP contribution in [0.4, 0.5) is 0 Å². The van der Waals surface area contributed by atoms with Crippen LogP contribution in [0.2, 0.25) is 0 Å². The normalized spacial score (nSPS) is 12.5. The van der Waals surface area contributed by atoms with Crippen molar-refractivity contribution in [3.8, 4) is 0 Å². The summed E-state index contributed by atoms with van der Waals surface area (Å²) >= 11 is 5.45. The monoisotopic (exact) mass is 372 g/mol. The van der Waals surface area contributed by atoms with Crippen molar-refractivity contribution in [2.75, 3.05) is 5.88 Å². The molecule has 0 unspecified atom stereocenters. The van der Waals surface area contributed by atoms with E-state index in [2.05, 4.69) is 31.2 Å². The number of Topliss-reactive ketones (excluding diaryl/α,β-unsaturated/α-hetero) is 1. The molecule has 0 aliphatic rings. The minimum atomic E-state index is -2.24. The van der Waals surface area contributed by atoms with Gasteiger partial charge in [0.1, 0.15) is 0 Å². The van der Waals surface area contributed by atoms with Gasteiger partial charge in [0.25, 0.3) is 0 Å². The first-order valence-corrected chi connectivity index (χ1v) is 10.4. The zero-order chi connectivity index (χ0) is 18.8. The number of aliphatic hydroxyl groups is 2. The molecule has 0 aliphatic heterocycles. The molecular weight excluding hydrogens is 336 g/mol. The van der Waals surface area contributed by atoms with Crippen molar-refractivity contribution in [2.45, 2.75) is 96.2 Å². The Kier molecular flexibility index (Phi) is 16.4. The molecule has 0 bridgehead atoms. The van der Waals surface area contributed by atoms with E-state index in [4.69, 9.17) is 11.6 Å². The molecule has 0 fully saturated rings. The van der Waals surface area contributed by atoms with Gasteiger partial charge in [-0.1, -0.05) is 63.3 Å². The highest BCUT2D eigenvalue weighted by molar-refractivity contribution is 6.18. The third-order valence-corrected chi connectivity index (χ3v) is 4.43. The molecule has 0 aliphatic carbocycles. The van der Waals surface area contributed by atoms with Gasteiger partial charge in [-0.05, 0) is 38.5 Å². The van der Waals surface area contributed by atoms with Crippen LogP contribution in [0.25, 0.3) is 0 Å². The standard InChI is InChI=1S/C21H37ClO3/c1-2-3-4-5-6-7-8-9-10-11-12-13-14-15-16-17-20(23)21(24,25)18-19-22/h6-7,9-10,24-25H,2-5,8,11-19H2,1H3/b7-6-,10-9-. The van der Waals surface area contributed by atoms with Crippen molar-refractivity contribution in [1.29, 1.82) is 0 Å². The van der Waals surface area contributed by atoms with Gasteiger partial charge in [-0.2, -0.15) is 0 Å². The first kappa shape index (κ1) is 24.4. The van der Waals surface area contributed by atoms with Crippen LogP contribution in [0.5, 0.6) is 0 Å². The third-order valence-electron chi connectivity index (χ3n) is 4.24. The largest absolute Gasteiger partial charge is 0.360 e. The van der Waals surface area contributed by atoms with E-state index in [1.807, 2.05) is 0 Å². The molecule has 0 heterocycles. The molecule has 0 radical (unpaired) electrons. The zero-order valence-corrected chi connectivity index (χ0v) is 16.6. The second-order valence-corrected chi connectivity index (χ2v) is 7.04. The predicted molar refractivity (Wildman–Crippen MR) is 107 cm³/mol. The van der Waals surface area contributed by atoms with Crippen molar-refractivity contribution in [2.24, 2.45) is 0 Å². The quantitative estimate of drug-likeness (QED) is 0.149. The van der Waals surface area contributed by atoms with Gasteiger partial charge in [0.2, 0.25) is 5.79 Å². The lowest BCUT2D eigenvalue weighted by Crippen LogP contribution is -2.38. The summed E-state index contributed by atoms with van der Waals surface area (Å²) in [6.45, 7) is 2.23. The van der Waals surface area contributed by atoms with Gasteiger partial charge < -0.3 is 10.2 Å². The van der Waals surface area contributed by atoms with Gasteiger partial charge in [-0.15, -0.1) is 11.6 Å². The molecule has 0 saturated heterocycles. The number of carbonyl (C=O) groups is 1. The van der Waals surface area contributed by atoms with Gasteiger partial charge in [-0.3, -0.25) is 4.79 Å². The number of ketones is 1. The molecule has 0 amide bonds. The maximum atomic E-state index is 11.6. The summed E-state index contributed by atoms with van der Waals surface area (Å²) in [4.78, 5) is 11.6. The maximum Gasteiger partial charge on any atom is 0.225 e. The molecule has 0 spiro atoms. The van der Waals surface area contributed by atoms with Crippen molar-refractivity contribution in [3.63, 3.8) is 0 Å². The fourth-order valence-corrected chi connectivity index (χ4v) is 2.83. The predicted octanol–water partition coefficient (Wildman–Crippen LogP) is 5.68. The summed E-state index contributed by atoms with van der Waals surface area (Å²) in [7, 11) is 0. The molecule has 0 atom stereocenters. The summed E-state index contributed by atoms with van der Waals surface area (Å²) in [6, 6.07) is 0. The Labute approximate surface area is 159 Å². The maximum absolute atomic E-state index is 11.6. The number of alkyl halides is 1. The van der Waals surface area contributed by atoms with Crippen LogP contribution in [0, 0.1) is 0 Å². The number of unbranched alkanes of at least 4 members (excludes halogenated alkanes) is 8. The number of rotatable bonds is 17. The molecule has 0 rings (SSSR count).